The van der Waals surface area contributed by atoms with Crippen molar-refractivity contribution >= 4 is 0 Å². The van der Waals surface area contributed by atoms with Gasteiger partial charge in [0.15, 0.2) is 6.29 Å². The first-order chi connectivity index (χ1) is 14.9. The molecule has 2 rings (SSSR count). The maximum absolute atomic E-state index is 6.88. The predicted octanol–water partition coefficient (Wildman–Crippen LogP) is 9.17. The fraction of sp³-hybridized carbons (Fsp3) is 0.800. The molecule has 3 atom stereocenters. The van der Waals surface area contributed by atoms with Crippen molar-refractivity contribution in [3.8, 4) is 0 Å². The van der Waals surface area contributed by atoms with Crippen molar-refractivity contribution in [3.05, 3.63) is 34.9 Å². The first-order valence-corrected chi connectivity index (χ1v) is 13.2. The molecule has 0 aromatic heterocycles. The average molecular weight is 445 g/mol. The molecule has 2 heteroatoms. The third-order valence-corrected chi connectivity index (χ3v) is 7.92. The lowest BCUT2D eigenvalue weighted by Gasteiger charge is -2.44. The van der Waals surface area contributed by atoms with Gasteiger partial charge in [-0.2, -0.15) is 0 Å². The van der Waals surface area contributed by atoms with E-state index >= 15 is 0 Å². The lowest BCUT2D eigenvalue weighted by atomic mass is 9.79. The maximum atomic E-state index is 6.88. The van der Waals surface area contributed by atoms with Gasteiger partial charge >= 0.3 is 0 Å². The van der Waals surface area contributed by atoms with Crippen LogP contribution >= 0.6 is 0 Å². The Morgan fingerprint density at radius 2 is 1.41 bits per heavy atom. The largest absolute Gasteiger partial charge is 0.346 e. The van der Waals surface area contributed by atoms with Gasteiger partial charge < -0.3 is 9.47 Å². The highest BCUT2D eigenvalue weighted by atomic mass is 16.7. The zero-order valence-electron chi connectivity index (χ0n) is 22.7. The van der Waals surface area contributed by atoms with Gasteiger partial charge in [0.05, 0.1) is 11.2 Å². The van der Waals surface area contributed by atoms with Gasteiger partial charge in [-0.15, -0.1) is 0 Å². The molecule has 0 aromatic rings. The van der Waals surface area contributed by atoms with E-state index in [1.54, 1.807) is 0 Å². The van der Waals surface area contributed by atoms with E-state index in [0.29, 0.717) is 17.8 Å². The fourth-order valence-corrected chi connectivity index (χ4v) is 5.29. The van der Waals surface area contributed by atoms with Crippen LogP contribution in [0.5, 0.6) is 0 Å². The summed E-state index contributed by atoms with van der Waals surface area (Å²) >= 11 is 0. The second-order valence-corrected chi connectivity index (χ2v) is 12.1. The summed E-state index contributed by atoms with van der Waals surface area (Å²) < 4.78 is 13.8. The van der Waals surface area contributed by atoms with E-state index in [4.69, 9.17) is 9.47 Å². The highest BCUT2D eigenvalue weighted by Gasteiger charge is 2.38. The van der Waals surface area contributed by atoms with Crippen molar-refractivity contribution in [1.82, 2.24) is 0 Å². The van der Waals surface area contributed by atoms with Crippen LogP contribution in [0.3, 0.4) is 0 Å². The second-order valence-electron chi connectivity index (χ2n) is 12.1. The molecule has 184 valence electrons. The summed E-state index contributed by atoms with van der Waals surface area (Å²) in [5.41, 5.74) is 4.10. The Balaban J connectivity index is 2.10. The van der Waals surface area contributed by atoms with Gasteiger partial charge in [0.25, 0.3) is 0 Å². The number of hydrogen-bond acceptors (Lipinski definition) is 2. The first-order valence-electron chi connectivity index (χ1n) is 13.2. The van der Waals surface area contributed by atoms with Crippen LogP contribution in [0, 0.1) is 17.8 Å². The molecule has 0 saturated carbocycles. The zero-order valence-corrected chi connectivity index (χ0v) is 22.7. The summed E-state index contributed by atoms with van der Waals surface area (Å²) in [6.45, 7) is 20.4. The molecule has 2 aliphatic rings. The van der Waals surface area contributed by atoms with E-state index < -0.39 is 0 Å². The monoisotopic (exact) mass is 444 g/mol. The molecule has 0 heterocycles. The van der Waals surface area contributed by atoms with Crippen LogP contribution in [0.15, 0.2) is 34.9 Å². The fourth-order valence-electron chi connectivity index (χ4n) is 5.29. The Bertz CT molecular complexity index is 631. The van der Waals surface area contributed by atoms with E-state index in [2.05, 4.69) is 80.5 Å². The van der Waals surface area contributed by atoms with Gasteiger partial charge in [-0.05, 0) is 125 Å². The summed E-state index contributed by atoms with van der Waals surface area (Å²) in [6.07, 6.45) is 17.4. The van der Waals surface area contributed by atoms with Gasteiger partial charge in [0.1, 0.15) is 0 Å². The Morgan fingerprint density at radius 1 is 0.938 bits per heavy atom. The van der Waals surface area contributed by atoms with Crippen molar-refractivity contribution in [3.63, 3.8) is 0 Å². The minimum Gasteiger partial charge on any atom is -0.346 e. The standard InChI is InChI=1S/C30H52O2/c1-22(2)11-10-12-25(5)21-28(31-29(6,7)26-17-13-23(3)14-18-26)32-30(8,9)27-19-15-24(4)16-20-27/h11,13,15,25-28H,10,12,14,16-21H2,1-9H3/t25-,26-,27-/m0/s1. The lowest BCUT2D eigenvalue weighted by Crippen LogP contribution is -2.45. The second kappa shape index (κ2) is 12.0. The normalized spacial score (nSPS) is 23.6. The quantitative estimate of drug-likeness (QED) is 0.233. The molecule has 0 unspecified atom stereocenters. The van der Waals surface area contributed by atoms with Gasteiger partial charge in [0.2, 0.25) is 0 Å². The zero-order chi connectivity index (χ0) is 23.9. The molecule has 0 aliphatic heterocycles. The van der Waals surface area contributed by atoms with E-state index in [-0.39, 0.29) is 17.5 Å². The van der Waals surface area contributed by atoms with Crippen molar-refractivity contribution in [1.29, 1.82) is 0 Å². The van der Waals surface area contributed by atoms with Crippen molar-refractivity contribution < 1.29 is 9.47 Å². The SMILES string of the molecule is CC(C)=CCC[C@H](C)CC(OC(C)(C)[C@H]1CC=C(C)CC1)OC(C)(C)[C@H]1CC=C(C)CC1. The van der Waals surface area contributed by atoms with Crippen molar-refractivity contribution in [2.45, 2.75) is 138 Å². The van der Waals surface area contributed by atoms with Crippen LogP contribution in [0.1, 0.15) is 120 Å². The van der Waals surface area contributed by atoms with Gasteiger partial charge in [-0.1, -0.05) is 41.9 Å². The molecule has 2 nitrogen and oxygen atoms in total. The molecule has 0 amide bonds. The first kappa shape index (κ1) is 27.4. The summed E-state index contributed by atoms with van der Waals surface area (Å²) in [5.74, 6) is 1.69. The molecule has 0 saturated heterocycles. The highest BCUT2D eigenvalue weighted by Crippen LogP contribution is 2.39. The number of ether oxygens (including phenoxy) is 2. The number of rotatable bonds is 11. The van der Waals surface area contributed by atoms with Crippen molar-refractivity contribution in [2.24, 2.45) is 17.8 Å². The molecule has 0 aromatic carbocycles. The van der Waals surface area contributed by atoms with Crippen LogP contribution in [0.4, 0.5) is 0 Å². The maximum Gasteiger partial charge on any atom is 0.159 e. The van der Waals surface area contributed by atoms with Crippen molar-refractivity contribution in [2.75, 3.05) is 0 Å². The van der Waals surface area contributed by atoms with E-state index in [1.807, 2.05) is 0 Å². The molecular weight excluding hydrogens is 392 g/mol. The Labute approximate surface area is 199 Å². The van der Waals surface area contributed by atoms with E-state index in [1.165, 1.54) is 48.8 Å². The third-order valence-electron chi connectivity index (χ3n) is 7.92. The average Bonchev–Trinajstić information content (AvgIpc) is 2.67. The number of allylic oxidation sites excluding steroid dienone is 6. The lowest BCUT2D eigenvalue weighted by molar-refractivity contribution is -0.268. The minimum atomic E-state index is -0.180. The van der Waals surface area contributed by atoms with Gasteiger partial charge in [-0.3, -0.25) is 0 Å². The highest BCUT2D eigenvalue weighted by molar-refractivity contribution is 5.06. The van der Waals surface area contributed by atoms with Crippen LogP contribution in [-0.2, 0) is 9.47 Å². The molecule has 0 fully saturated rings. The molecule has 2 aliphatic carbocycles. The summed E-state index contributed by atoms with van der Waals surface area (Å²) in [7, 11) is 0. The van der Waals surface area contributed by atoms with Gasteiger partial charge in [0, 0.05) is 6.42 Å². The molecule has 0 bridgehead atoms. The Hall–Kier alpha value is -0.860. The van der Waals surface area contributed by atoms with Crippen LogP contribution in [0.25, 0.3) is 0 Å². The minimum absolute atomic E-state index is 0.152. The van der Waals surface area contributed by atoms with E-state index in [9.17, 15) is 0 Å². The molecule has 0 spiro atoms. The van der Waals surface area contributed by atoms with Crippen LogP contribution in [0.2, 0.25) is 0 Å². The molecular formula is C30H52O2. The smallest absolute Gasteiger partial charge is 0.159 e. The Kier molecular flexibility index (Phi) is 10.3. The Morgan fingerprint density at radius 3 is 1.78 bits per heavy atom. The summed E-state index contributed by atoms with van der Waals surface area (Å²) in [6, 6.07) is 0. The van der Waals surface area contributed by atoms with Crippen LogP contribution < -0.4 is 0 Å². The topological polar surface area (TPSA) is 18.5 Å². The van der Waals surface area contributed by atoms with Crippen LogP contribution in [-0.4, -0.2) is 17.5 Å². The summed E-state index contributed by atoms with van der Waals surface area (Å²) in [4.78, 5) is 0. The number of hydrogen-bond donors (Lipinski definition) is 0. The summed E-state index contributed by atoms with van der Waals surface area (Å²) in [5, 5.41) is 0. The third kappa shape index (κ3) is 8.82. The van der Waals surface area contributed by atoms with Gasteiger partial charge in [-0.25, -0.2) is 0 Å². The molecule has 0 radical (unpaired) electrons. The van der Waals surface area contributed by atoms with E-state index in [0.717, 1.165) is 25.7 Å². The molecule has 0 N–H and O–H groups in total. The molecule has 32 heavy (non-hydrogen) atoms. The predicted molar refractivity (Wildman–Crippen MR) is 139 cm³/mol.